The highest BCUT2D eigenvalue weighted by Crippen LogP contribution is 2.43. The van der Waals surface area contributed by atoms with Crippen molar-refractivity contribution in [2.75, 3.05) is 0 Å². The average molecular weight is 1600 g/mol. The van der Waals surface area contributed by atoms with E-state index >= 15 is 0 Å². The lowest BCUT2D eigenvalue weighted by molar-refractivity contribution is 0.157. The molecule has 6 aromatic carbocycles. The third-order valence-corrected chi connectivity index (χ3v) is 23.4. The van der Waals surface area contributed by atoms with Gasteiger partial charge in [-0.3, -0.25) is 0 Å². The second-order valence-electron chi connectivity index (χ2n) is 50.3. The van der Waals surface area contributed by atoms with Crippen LogP contribution in [0.3, 0.4) is 0 Å². The predicted octanol–water partition coefficient (Wildman–Crippen LogP) is 39.0. The zero-order valence-electron chi connectivity index (χ0n) is 86.7. The van der Waals surface area contributed by atoms with E-state index in [0.29, 0.717) is 82.7 Å². The van der Waals surface area contributed by atoms with Crippen LogP contribution in [-0.2, 0) is 11.8 Å². The summed E-state index contributed by atoms with van der Waals surface area (Å²) < 4.78 is 0. The standard InChI is InChI=1S/C17H20.C13H20.C12H18.C11H22.C11H16.C10H20.C10H14.C9H20.2C8H18.C7H16/c1-17(2,3)16(14-10-6-4-7-11-14)15-12-8-5-9-13-15;1-10-8-6-7-9-12(10)11(2)13(3,4)5;1-10(12(2,3)4)11-8-6-5-7-9-11;2*1-11(2,3)9-10-7-5-4-6-8-10;2*1-10(2,3)9-7-5-4-6-8-9;1-8(2,3)7-9(4,5)6;1-7(2)6-8(3,4)5;1-7(2,3)8(4,5)6;1-6(2)7(3,4)5/h4-13,16H,1-3H3;6-9,11H,1-5H3;5-10H,1-4H3;10H,4-9H2,1-3H3;4-8H,9H2,1-3H3;9H,4-8H2,1-3H3;4-8H,1-3H3;7H2,1-6H3;7H,6H2,1-5H3;1-6H3;6H,1-5H3. The first-order valence-electron chi connectivity index (χ1n) is 46.5. The van der Waals surface area contributed by atoms with Crippen LogP contribution < -0.4 is 0 Å². The summed E-state index contributed by atoms with van der Waals surface area (Å²) >= 11 is 0. The predicted molar refractivity (Wildman–Crippen MR) is 535 cm³/mol. The van der Waals surface area contributed by atoms with E-state index in [2.05, 4.69) is 494 Å². The molecule has 116 heavy (non-hydrogen) atoms. The van der Waals surface area contributed by atoms with Gasteiger partial charge in [-0.2, -0.15) is 0 Å². The molecule has 0 amide bonds. The SMILES string of the molecule is CC(C)(C)C(C)(C)C.CC(C)(C)C(c1ccccc1)c1ccccc1.CC(C)(C)C1CCCCC1.CC(C)(C)CC(C)(C)C.CC(C)(C)CC1CCCCC1.CC(C)(C)Cc1ccccc1.CC(C)(C)c1ccccc1.CC(C)C(C)(C)C.CC(C)CC(C)(C)C.CC(c1ccccc1)C(C)(C)C.Cc1ccccc1C(C)C(C)(C)C. The molecule has 8 rings (SSSR count). The normalized spacial score (nSPS) is 14.7. The fourth-order valence-corrected chi connectivity index (χ4v) is 14.5. The second kappa shape index (κ2) is 52.6. The van der Waals surface area contributed by atoms with E-state index in [4.69, 9.17) is 0 Å². The highest BCUT2D eigenvalue weighted by atomic mass is 14.4. The van der Waals surface area contributed by atoms with Gasteiger partial charge in [-0.15, -0.1) is 0 Å². The quantitative estimate of drug-likeness (QED) is 0.149. The zero-order chi connectivity index (χ0) is 91.0. The maximum absolute atomic E-state index is 2.38. The van der Waals surface area contributed by atoms with Crippen LogP contribution in [-0.4, -0.2) is 0 Å². The molecule has 0 heteroatoms. The first-order valence-corrected chi connectivity index (χ1v) is 46.5. The van der Waals surface area contributed by atoms with Crippen LogP contribution in [0.4, 0.5) is 0 Å². The van der Waals surface area contributed by atoms with Gasteiger partial charge >= 0.3 is 0 Å². The van der Waals surface area contributed by atoms with Crippen LogP contribution in [0.15, 0.2) is 176 Å². The first kappa shape index (κ1) is 115. The van der Waals surface area contributed by atoms with Gasteiger partial charge in [-0.25, -0.2) is 0 Å². The summed E-state index contributed by atoms with van der Waals surface area (Å²) in [5.41, 5.74) is 15.6. The van der Waals surface area contributed by atoms with Gasteiger partial charge in [0.25, 0.3) is 0 Å². The Morgan fingerprint density at radius 2 is 0.621 bits per heavy atom. The van der Waals surface area contributed by atoms with E-state index < -0.39 is 0 Å². The summed E-state index contributed by atoms with van der Waals surface area (Å²) in [6, 6.07) is 62.1. The van der Waals surface area contributed by atoms with E-state index in [1.54, 1.807) is 0 Å². The Balaban J connectivity index is -0.00000122. The number of aryl methyl sites for hydroxylation is 1. The molecule has 0 aliphatic heterocycles. The largest absolute Gasteiger partial charge is 0.0628 e. The monoisotopic (exact) mass is 1600 g/mol. The fourth-order valence-electron chi connectivity index (χ4n) is 14.5. The third kappa shape index (κ3) is 61.6. The van der Waals surface area contributed by atoms with Gasteiger partial charge in [-0.1, -0.05) is 539 Å². The van der Waals surface area contributed by atoms with Gasteiger partial charge in [0.05, 0.1) is 0 Å². The second-order valence-corrected chi connectivity index (χ2v) is 50.3. The number of rotatable bonds is 7. The number of benzene rings is 6. The molecule has 0 aromatic heterocycles. The molecule has 0 spiro atoms. The van der Waals surface area contributed by atoms with Gasteiger partial charge in [0, 0.05) is 5.92 Å². The lowest BCUT2D eigenvalue weighted by Crippen LogP contribution is -2.25. The van der Waals surface area contributed by atoms with Crippen LogP contribution in [0.1, 0.15) is 452 Å². The van der Waals surface area contributed by atoms with E-state index in [0.717, 1.165) is 30.1 Å². The van der Waals surface area contributed by atoms with Gasteiger partial charge in [0.1, 0.15) is 0 Å². The molecular formula is C116H202. The first-order chi connectivity index (χ1) is 52.2. The summed E-state index contributed by atoms with van der Waals surface area (Å²) in [4.78, 5) is 0. The van der Waals surface area contributed by atoms with Crippen LogP contribution in [0, 0.1) is 95.6 Å². The highest BCUT2D eigenvalue weighted by molar-refractivity contribution is 5.35. The van der Waals surface area contributed by atoms with E-state index in [9.17, 15) is 0 Å². The molecule has 2 unspecified atom stereocenters. The Morgan fingerprint density at radius 1 is 0.302 bits per heavy atom. The summed E-state index contributed by atoms with van der Waals surface area (Å²) in [5, 5.41) is 0. The molecule has 2 aliphatic rings. The minimum absolute atomic E-state index is 0.225. The summed E-state index contributed by atoms with van der Waals surface area (Å²) in [6.07, 6.45) is 20.0. The molecule has 666 valence electrons. The lowest BCUT2D eigenvalue weighted by Gasteiger charge is -2.34. The van der Waals surface area contributed by atoms with Crippen molar-refractivity contribution in [2.24, 2.45) is 88.7 Å². The van der Waals surface area contributed by atoms with Gasteiger partial charge in [-0.05, 0) is 190 Å². The molecule has 0 radical (unpaired) electrons. The Kier molecular flexibility index (Phi) is 52.4. The zero-order valence-corrected chi connectivity index (χ0v) is 86.7. The topological polar surface area (TPSA) is 0 Å². The maximum Gasteiger partial charge on any atom is 0.0138 e. The summed E-state index contributed by atoms with van der Waals surface area (Å²) in [5.74, 6) is 5.38. The van der Waals surface area contributed by atoms with Gasteiger partial charge in [0.2, 0.25) is 0 Å². The molecule has 2 aliphatic carbocycles. The Labute approximate surface area is 730 Å². The van der Waals surface area contributed by atoms with Crippen LogP contribution in [0.2, 0.25) is 0 Å². The van der Waals surface area contributed by atoms with Crippen molar-refractivity contribution in [2.45, 2.75) is 432 Å². The van der Waals surface area contributed by atoms with Gasteiger partial charge < -0.3 is 0 Å². The van der Waals surface area contributed by atoms with Crippen molar-refractivity contribution >= 4 is 0 Å². The van der Waals surface area contributed by atoms with Crippen molar-refractivity contribution in [1.82, 2.24) is 0 Å². The summed E-state index contributed by atoms with van der Waals surface area (Å²) in [7, 11) is 0. The average Bonchev–Trinajstić information content (AvgIpc) is 0.811. The molecule has 2 fully saturated rings. The molecule has 2 saturated carbocycles. The van der Waals surface area contributed by atoms with E-state index in [1.165, 1.54) is 122 Å². The van der Waals surface area contributed by atoms with E-state index in [-0.39, 0.29) is 5.41 Å². The van der Waals surface area contributed by atoms with E-state index in [1.807, 2.05) is 0 Å². The van der Waals surface area contributed by atoms with Crippen LogP contribution >= 0.6 is 0 Å². The minimum Gasteiger partial charge on any atom is -0.0628 e. The molecule has 0 N–H and O–H groups in total. The molecule has 0 nitrogen and oxygen atoms in total. The molecule has 0 saturated heterocycles. The smallest absolute Gasteiger partial charge is 0.0138 e. The molecule has 6 aromatic rings. The maximum atomic E-state index is 2.38. The van der Waals surface area contributed by atoms with Crippen LogP contribution in [0.25, 0.3) is 0 Å². The minimum atomic E-state index is 0.225. The molecule has 2 atom stereocenters. The summed E-state index contributed by atoms with van der Waals surface area (Å²) in [6.45, 7) is 105. The fraction of sp³-hybridized carbons (Fsp3) is 0.690. The molecular weight excluding hydrogens is 1390 g/mol. The lowest BCUT2D eigenvalue weighted by atomic mass is 9.71. The Morgan fingerprint density at radius 3 is 0.853 bits per heavy atom. The Hall–Kier alpha value is -4.68. The number of hydrogen-bond acceptors (Lipinski definition) is 0. The third-order valence-electron chi connectivity index (χ3n) is 23.4. The van der Waals surface area contributed by atoms with Crippen molar-refractivity contribution in [3.05, 3.63) is 215 Å². The molecule has 0 heterocycles. The van der Waals surface area contributed by atoms with Crippen molar-refractivity contribution in [3.8, 4) is 0 Å². The molecule has 0 bridgehead atoms. The van der Waals surface area contributed by atoms with Gasteiger partial charge in [0.15, 0.2) is 0 Å². The van der Waals surface area contributed by atoms with Crippen LogP contribution in [0.5, 0.6) is 0 Å². The van der Waals surface area contributed by atoms with Crippen molar-refractivity contribution in [3.63, 3.8) is 0 Å². The number of hydrogen-bond donors (Lipinski definition) is 0. The Bertz CT molecular complexity index is 3220. The van der Waals surface area contributed by atoms with Crippen molar-refractivity contribution in [1.29, 1.82) is 0 Å². The van der Waals surface area contributed by atoms with Crippen molar-refractivity contribution < 1.29 is 0 Å². The highest BCUT2D eigenvalue weighted by Gasteiger charge is 2.30.